The molecule has 0 spiro atoms. The number of esters is 1. The molecule has 2 rings (SSSR count). The second-order valence-electron chi connectivity index (χ2n) is 5.37. The number of aliphatic hydroxyl groups excluding tert-OH is 1. The van der Waals surface area contributed by atoms with Crippen LogP contribution in [0.25, 0.3) is 0 Å². The van der Waals surface area contributed by atoms with E-state index in [4.69, 9.17) is 0 Å². The van der Waals surface area contributed by atoms with Gasteiger partial charge in [0.1, 0.15) is 0 Å². The molecule has 1 aliphatic rings. The fourth-order valence-electron chi connectivity index (χ4n) is 2.37. The topological polar surface area (TPSA) is 92.7 Å². The molecule has 0 unspecified atom stereocenters. The zero-order valence-electron chi connectivity index (χ0n) is 12.0. The highest BCUT2D eigenvalue weighted by molar-refractivity contribution is 7.89. The number of aliphatic hydroxyl groups is 1. The van der Waals surface area contributed by atoms with E-state index in [1.807, 2.05) is 0 Å². The van der Waals surface area contributed by atoms with E-state index in [0.29, 0.717) is 18.4 Å². The van der Waals surface area contributed by atoms with E-state index in [1.54, 1.807) is 13.0 Å². The zero-order chi connectivity index (χ0) is 15.7. The molecule has 0 heterocycles. The molecular weight excluding hydrogens is 294 g/mol. The van der Waals surface area contributed by atoms with E-state index in [0.717, 1.165) is 6.42 Å². The Kier molecular flexibility index (Phi) is 4.36. The van der Waals surface area contributed by atoms with Crippen LogP contribution in [0.2, 0.25) is 0 Å². The van der Waals surface area contributed by atoms with Crippen LogP contribution in [0.15, 0.2) is 23.1 Å². The maximum atomic E-state index is 12.5. The van der Waals surface area contributed by atoms with Gasteiger partial charge < -0.3 is 9.84 Å². The molecule has 0 aliphatic heterocycles. The molecule has 0 atom stereocenters. The molecule has 6 nitrogen and oxygen atoms in total. The van der Waals surface area contributed by atoms with Crippen molar-refractivity contribution in [2.75, 3.05) is 13.7 Å². The summed E-state index contributed by atoms with van der Waals surface area (Å²) in [4.78, 5) is 11.6. The third-order valence-electron chi connectivity index (χ3n) is 3.86. The normalized spacial score (nSPS) is 17.1. The maximum Gasteiger partial charge on any atom is 0.337 e. The van der Waals surface area contributed by atoms with Gasteiger partial charge in [-0.1, -0.05) is 6.07 Å². The van der Waals surface area contributed by atoms with Crippen LogP contribution in [0.3, 0.4) is 0 Å². The summed E-state index contributed by atoms with van der Waals surface area (Å²) in [6, 6.07) is 4.38. The molecule has 1 aromatic carbocycles. The van der Waals surface area contributed by atoms with Crippen molar-refractivity contribution in [3.05, 3.63) is 29.3 Å². The van der Waals surface area contributed by atoms with Crippen molar-refractivity contribution in [1.82, 2.24) is 4.72 Å². The third-order valence-corrected chi connectivity index (χ3v) is 5.58. The Morgan fingerprint density at radius 1 is 1.43 bits per heavy atom. The highest BCUT2D eigenvalue weighted by atomic mass is 32.2. The van der Waals surface area contributed by atoms with Crippen molar-refractivity contribution >= 4 is 16.0 Å². The Labute approximate surface area is 124 Å². The van der Waals surface area contributed by atoms with Gasteiger partial charge in [0, 0.05) is 0 Å². The fraction of sp³-hybridized carbons (Fsp3) is 0.500. The van der Waals surface area contributed by atoms with E-state index in [9.17, 15) is 18.3 Å². The molecule has 1 saturated carbocycles. The van der Waals surface area contributed by atoms with Crippen molar-refractivity contribution in [3.63, 3.8) is 0 Å². The molecule has 0 amide bonds. The van der Waals surface area contributed by atoms with E-state index in [2.05, 4.69) is 9.46 Å². The average Bonchev–Trinajstić information content (AvgIpc) is 2.42. The number of rotatable bonds is 5. The average molecular weight is 313 g/mol. The number of carbonyl (C=O) groups excluding carboxylic acids is 1. The fourth-order valence-corrected chi connectivity index (χ4v) is 4.09. The Bertz CT molecular complexity index is 644. The van der Waals surface area contributed by atoms with E-state index in [1.165, 1.54) is 19.2 Å². The van der Waals surface area contributed by atoms with Crippen molar-refractivity contribution in [2.45, 2.75) is 36.6 Å². The summed E-state index contributed by atoms with van der Waals surface area (Å²) in [5.41, 5.74) is -0.0651. The molecule has 21 heavy (non-hydrogen) atoms. The van der Waals surface area contributed by atoms with Gasteiger partial charge in [-0.15, -0.1) is 0 Å². The first-order chi connectivity index (χ1) is 9.83. The van der Waals surface area contributed by atoms with Gasteiger partial charge in [-0.3, -0.25) is 0 Å². The van der Waals surface area contributed by atoms with Crippen LogP contribution < -0.4 is 4.72 Å². The largest absolute Gasteiger partial charge is 0.465 e. The summed E-state index contributed by atoms with van der Waals surface area (Å²) in [6.07, 6.45) is 2.10. The lowest BCUT2D eigenvalue weighted by molar-refractivity contribution is 0.0600. The van der Waals surface area contributed by atoms with Gasteiger partial charge in [0.25, 0.3) is 0 Å². The Hall–Kier alpha value is -1.44. The van der Waals surface area contributed by atoms with Crippen molar-refractivity contribution in [2.24, 2.45) is 0 Å². The number of nitrogens with one attached hydrogen (secondary N) is 1. The molecule has 1 fully saturated rings. The van der Waals surface area contributed by atoms with Crippen LogP contribution in [0.1, 0.15) is 35.2 Å². The third kappa shape index (κ3) is 3.09. The minimum Gasteiger partial charge on any atom is -0.465 e. The molecule has 7 heteroatoms. The highest BCUT2D eigenvalue weighted by Crippen LogP contribution is 2.33. The number of sulfonamides is 1. The molecule has 2 N–H and O–H groups in total. The number of ether oxygens (including phenoxy) is 1. The van der Waals surface area contributed by atoms with Crippen LogP contribution in [-0.2, 0) is 14.8 Å². The molecule has 0 radical (unpaired) electrons. The van der Waals surface area contributed by atoms with Crippen molar-refractivity contribution < 1.29 is 23.1 Å². The SMILES string of the molecule is COC(=O)c1ccc(C)c(S(=O)(=O)NC2(CO)CCC2)c1. The van der Waals surface area contributed by atoms with E-state index in [-0.39, 0.29) is 17.1 Å². The first kappa shape index (κ1) is 15.9. The van der Waals surface area contributed by atoms with E-state index < -0.39 is 21.5 Å². The minimum absolute atomic E-state index is 0.0325. The van der Waals surface area contributed by atoms with Crippen LogP contribution in [0.4, 0.5) is 0 Å². The Balaban J connectivity index is 2.37. The highest BCUT2D eigenvalue weighted by Gasteiger charge is 2.40. The Morgan fingerprint density at radius 2 is 2.10 bits per heavy atom. The molecule has 1 aromatic rings. The van der Waals surface area contributed by atoms with Gasteiger partial charge in [0.05, 0.1) is 29.7 Å². The van der Waals surface area contributed by atoms with Gasteiger partial charge >= 0.3 is 5.97 Å². The molecule has 116 valence electrons. The Morgan fingerprint density at radius 3 is 2.57 bits per heavy atom. The molecular formula is C14H19NO5S. The summed E-state index contributed by atoms with van der Waals surface area (Å²) in [6.45, 7) is 1.42. The first-order valence-electron chi connectivity index (χ1n) is 6.67. The van der Waals surface area contributed by atoms with Crippen LogP contribution in [0.5, 0.6) is 0 Å². The number of benzene rings is 1. The van der Waals surface area contributed by atoms with Crippen molar-refractivity contribution in [3.8, 4) is 0 Å². The van der Waals surface area contributed by atoms with Gasteiger partial charge in [-0.05, 0) is 43.9 Å². The van der Waals surface area contributed by atoms with Crippen LogP contribution in [-0.4, -0.2) is 38.7 Å². The lowest BCUT2D eigenvalue weighted by Crippen LogP contribution is -2.56. The molecule has 0 aromatic heterocycles. The van der Waals surface area contributed by atoms with Gasteiger partial charge in [-0.2, -0.15) is 0 Å². The minimum atomic E-state index is -3.80. The number of hydrogen-bond acceptors (Lipinski definition) is 5. The quantitative estimate of drug-likeness (QED) is 0.790. The van der Waals surface area contributed by atoms with Gasteiger partial charge in [0.2, 0.25) is 10.0 Å². The number of methoxy groups -OCH3 is 1. The van der Waals surface area contributed by atoms with Crippen LogP contribution in [0, 0.1) is 6.92 Å². The summed E-state index contributed by atoms with van der Waals surface area (Å²) >= 11 is 0. The van der Waals surface area contributed by atoms with Gasteiger partial charge in [0.15, 0.2) is 0 Å². The van der Waals surface area contributed by atoms with E-state index >= 15 is 0 Å². The monoisotopic (exact) mass is 313 g/mol. The number of hydrogen-bond donors (Lipinski definition) is 2. The van der Waals surface area contributed by atoms with Crippen LogP contribution >= 0.6 is 0 Å². The first-order valence-corrected chi connectivity index (χ1v) is 8.16. The molecule has 0 bridgehead atoms. The smallest absolute Gasteiger partial charge is 0.337 e. The molecule has 1 aliphatic carbocycles. The van der Waals surface area contributed by atoms with Crippen molar-refractivity contribution in [1.29, 1.82) is 0 Å². The summed E-state index contributed by atoms with van der Waals surface area (Å²) in [7, 11) is -2.56. The summed E-state index contributed by atoms with van der Waals surface area (Å²) < 4.78 is 32.2. The predicted octanol–water partition coefficient (Wildman–Crippen LogP) is 0.975. The summed E-state index contributed by atoms with van der Waals surface area (Å²) in [5, 5.41) is 9.40. The lowest BCUT2D eigenvalue weighted by Gasteiger charge is -2.40. The van der Waals surface area contributed by atoms with Gasteiger partial charge in [-0.25, -0.2) is 17.9 Å². The lowest BCUT2D eigenvalue weighted by atomic mass is 9.78. The predicted molar refractivity (Wildman–Crippen MR) is 76.5 cm³/mol. The second-order valence-corrected chi connectivity index (χ2v) is 7.02. The maximum absolute atomic E-state index is 12.5. The zero-order valence-corrected chi connectivity index (χ0v) is 12.9. The summed E-state index contributed by atoms with van der Waals surface area (Å²) in [5.74, 6) is -0.591. The molecule has 0 saturated heterocycles. The standard InChI is InChI=1S/C14H19NO5S/c1-10-4-5-11(13(17)20-2)8-12(10)21(18,19)15-14(9-16)6-3-7-14/h4-5,8,15-16H,3,6-7,9H2,1-2H3. The second kappa shape index (κ2) is 5.75. The number of carbonyl (C=O) groups is 1. The number of aryl methyl sites for hydroxylation is 1.